The molecule has 2 rings (SSSR count). The number of aliphatic carboxylic acids is 1. The normalized spacial score (nSPS) is 37.8. The number of rotatable bonds is 2. The van der Waals surface area contributed by atoms with Gasteiger partial charge in [-0.3, -0.25) is 4.79 Å². The molecule has 0 spiro atoms. The van der Waals surface area contributed by atoms with Crippen molar-refractivity contribution >= 4 is 5.97 Å². The molecule has 0 heterocycles. The number of fused-ring (bicyclic) bond motifs is 2. The van der Waals surface area contributed by atoms with E-state index in [4.69, 9.17) is 5.11 Å². The predicted molar refractivity (Wildman–Crippen MR) is 50.3 cm³/mol. The van der Waals surface area contributed by atoms with Gasteiger partial charge < -0.3 is 5.11 Å². The third-order valence-electron chi connectivity index (χ3n) is 3.63. The summed E-state index contributed by atoms with van der Waals surface area (Å²) in [5.41, 5.74) is 1.34. The standard InChI is InChI=1S/C11H16O2/c1-7-4-8-2-3-9(5-7)10(8)6-11(12)13/h8-10H,1-6H2,(H,12,13). The Morgan fingerprint density at radius 1 is 1.38 bits per heavy atom. The zero-order chi connectivity index (χ0) is 9.42. The average molecular weight is 180 g/mol. The minimum Gasteiger partial charge on any atom is -0.481 e. The number of carboxylic acid groups (broad SMARTS) is 1. The third kappa shape index (κ3) is 1.62. The lowest BCUT2D eigenvalue weighted by molar-refractivity contribution is -0.138. The molecule has 13 heavy (non-hydrogen) atoms. The van der Waals surface area contributed by atoms with Crippen molar-refractivity contribution in [2.24, 2.45) is 17.8 Å². The van der Waals surface area contributed by atoms with E-state index in [1.807, 2.05) is 0 Å². The Labute approximate surface area is 78.6 Å². The van der Waals surface area contributed by atoms with Crippen molar-refractivity contribution < 1.29 is 9.90 Å². The van der Waals surface area contributed by atoms with E-state index in [-0.39, 0.29) is 0 Å². The maximum Gasteiger partial charge on any atom is 0.303 e. The molecule has 1 N–H and O–H groups in total. The van der Waals surface area contributed by atoms with Crippen LogP contribution in [0.3, 0.4) is 0 Å². The van der Waals surface area contributed by atoms with Gasteiger partial charge in [0.2, 0.25) is 0 Å². The van der Waals surface area contributed by atoms with Gasteiger partial charge in [0.25, 0.3) is 0 Å². The monoisotopic (exact) mass is 180 g/mol. The summed E-state index contributed by atoms with van der Waals surface area (Å²) in [6.45, 7) is 4.02. The lowest BCUT2D eigenvalue weighted by Crippen LogP contribution is -2.23. The van der Waals surface area contributed by atoms with E-state index in [0.29, 0.717) is 24.2 Å². The fraction of sp³-hybridized carbons (Fsp3) is 0.727. The minimum atomic E-state index is -0.630. The van der Waals surface area contributed by atoms with Crippen LogP contribution in [0.15, 0.2) is 12.2 Å². The van der Waals surface area contributed by atoms with E-state index in [2.05, 4.69) is 6.58 Å². The highest BCUT2D eigenvalue weighted by atomic mass is 16.4. The first kappa shape index (κ1) is 8.79. The lowest BCUT2D eigenvalue weighted by atomic mass is 9.75. The molecule has 2 aliphatic rings. The highest BCUT2D eigenvalue weighted by Gasteiger charge is 2.40. The Hall–Kier alpha value is -0.790. The number of carboxylic acids is 1. The second kappa shape index (κ2) is 3.17. The summed E-state index contributed by atoms with van der Waals surface area (Å²) in [6.07, 6.45) is 4.98. The molecule has 2 bridgehead atoms. The van der Waals surface area contributed by atoms with Crippen molar-refractivity contribution in [3.05, 3.63) is 12.2 Å². The molecular weight excluding hydrogens is 164 g/mol. The van der Waals surface area contributed by atoms with Crippen LogP contribution in [0.2, 0.25) is 0 Å². The fourth-order valence-electron chi connectivity index (χ4n) is 3.11. The van der Waals surface area contributed by atoms with E-state index in [1.54, 1.807) is 0 Å². The highest BCUT2D eigenvalue weighted by molar-refractivity contribution is 5.67. The van der Waals surface area contributed by atoms with Gasteiger partial charge in [-0.15, -0.1) is 0 Å². The van der Waals surface area contributed by atoms with Gasteiger partial charge in [0, 0.05) is 6.42 Å². The summed E-state index contributed by atoms with van der Waals surface area (Å²) >= 11 is 0. The largest absolute Gasteiger partial charge is 0.481 e. The summed E-state index contributed by atoms with van der Waals surface area (Å²) in [6, 6.07) is 0. The van der Waals surface area contributed by atoms with Crippen LogP contribution in [-0.4, -0.2) is 11.1 Å². The van der Waals surface area contributed by atoms with E-state index in [9.17, 15) is 4.79 Å². The van der Waals surface area contributed by atoms with Crippen LogP contribution in [0.5, 0.6) is 0 Å². The first-order chi connectivity index (χ1) is 6.16. The van der Waals surface area contributed by atoms with Crippen molar-refractivity contribution in [2.75, 3.05) is 0 Å². The molecule has 2 aliphatic carbocycles. The Kier molecular flexibility index (Phi) is 2.14. The van der Waals surface area contributed by atoms with Gasteiger partial charge in [0.15, 0.2) is 0 Å². The van der Waals surface area contributed by atoms with Crippen molar-refractivity contribution in [3.63, 3.8) is 0 Å². The van der Waals surface area contributed by atoms with Gasteiger partial charge in [0.1, 0.15) is 0 Å². The molecule has 2 saturated carbocycles. The molecule has 0 aromatic heterocycles. The molecule has 0 aromatic carbocycles. The summed E-state index contributed by atoms with van der Waals surface area (Å²) < 4.78 is 0. The highest BCUT2D eigenvalue weighted by Crippen LogP contribution is 2.49. The van der Waals surface area contributed by atoms with Crippen LogP contribution in [-0.2, 0) is 4.79 Å². The van der Waals surface area contributed by atoms with E-state index >= 15 is 0 Å². The topological polar surface area (TPSA) is 37.3 Å². The van der Waals surface area contributed by atoms with Crippen molar-refractivity contribution in [2.45, 2.75) is 32.1 Å². The second-order valence-electron chi connectivity index (χ2n) is 4.52. The van der Waals surface area contributed by atoms with Crippen LogP contribution in [0.4, 0.5) is 0 Å². The molecule has 2 nitrogen and oxygen atoms in total. The predicted octanol–water partition coefficient (Wildman–Crippen LogP) is 2.45. The van der Waals surface area contributed by atoms with Crippen LogP contribution in [0, 0.1) is 17.8 Å². The van der Waals surface area contributed by atoms with Crippen molar-refractivity contribution in [3.8, 4) is 0 Å². The van der Waals surface area contributed by atoms with Crippen molar-refractivity contribution in [1.82, 2.24) is 0 Å². The van der Waals surface area contributed by atoms with Gasteiger partial charge in [-0.25, -0.2) is 0 Å². The molecule has 2 atom stereocenters. The van der Waals surface area contributed by atoms with Gasteiger partial charge in [-0.1, -0.05) is 12.2 Å². The number of hydrogen-bond acceptors (Lipinski definition) is 1. The van der Waals surface area contributed by atoms with Gasteiger partial charge >= 0.3 is 5.97 Å². The molecule has 2 fully saturated rings. The summed E-state index contributed by atoms with van der Waals surface area (Å²) in [4.78, 5) is 10.6. The zero-order valence-corrected chi connectivity index (χ0v) is 7.83. The average Bonchev–Trinajstić information content (AvgIpc) is 2.32. The van der Waals surface area contributed by atoms with Crippen LogP contribution in [0.1, 0.15) is 32.1 Å². The molecule has 0 aromatic rings. The molecule has 0 radical (unpaired) electrons. The fourth-order valence-corrected chi connectivity index (χ4v) is 3.11. The van der Waals surface area contributed by atoms with Crippen LogP contribution >= 0.6 is 0 Å². The van der Waals surface area contributed by atoms with Gasteiger partial charge in [0.05, 0.1) is 0 Å². The molecule has 2 heteroatoms. The quantitative estimate of drug-likeness (QED) is 0.663. The maximum atomic E-state index is 10.6. The van der Waals surface area contributed by atoms with E-state index in [0.717, 1.165) is 12.8 Å². The molecular formula is C11H16O2. The van der Waals surface area contributed by atoms with Crippen LogP contribution in [0.25, 0.3) is 0 Å². The maximum absolute atomic E-state index is 10.6. The number of hydrogen-bond donors (Lipinski definition) is 1. The number of carbonyl (C=O) groups is 1. The third-order valence-corrected chi connectivity index (χ3v) is 3.63. The zero-order valence-electron chi connectivity index (χ0n) is 7.83. The molecule has 0 amide bonds. The SMILES string of the molecule is C=C1CC2CCC(C1)C2CC(=O)O. The van der Waals surface area contributed by atoms with Gasteiger partial charge in [-0.2, -0.15) is 0 Å². The Morgan fingerprint density at radius 2 is 1.92 bits per heavy atom. The molecule has 0 aliphatic heterocycles. The Balaban J connectivity index is 2.06. The molecule has 72 valence electrons. The van der Waals surface area contributed by atoms with E-state index in [1.165, 1.54) is 18.4 Å². The second-order valence-corrected chi connectivity index (χ2v) is 4.52. The van der Waals surface area contributed by atoms with Gasteiger partial charge in [-0.05, 0) is 43.4 Å². The first-order valence-corrected chi connectivity index (χ1v) is 5.05. The van der Waals surface area contributed by atoms with Crippen LogP contribution < -0.4 is 0 Å². The summed E-state index contributed by atoms with van der Waals surface area (Å²) in [7, 11) is 0. The summed E-state index contributed by atoms with van der Waals surface area (Å²) in [5, 5.41) is 8.77. The Bertz CT molecular complexity index is 228. The molecule has 2 unspecified atom stereocenters. The lowest BCUT2D eigenvalue weighted by Gasteiger charge is -2.30. The first-order valence-electron chi connectivity index (χ1n) is 5.05. The smallest absolute Gasteiger partial charge is 0.303 e. The van der Waals surface area contributed by atoms with E-state index < -0.39 is 5.97 Å². The molecule has 0 saturated heterocycles. The minimum absolute atomic E-state index is 0.378. The Morgan fingerprint density at radius 3 is 2.38 bits per heavy atom. The number of allylic oxidation sites excluding steroid dienone is 1. The summed E-state index contributed by atoms with van der Waals surface area (Å²) in [5.74, 6) is 1.07. The van der Waals surface area contributed by atoms with Crippen molar-refractivity contribution in [1.29, 1.82) is 0 Å².